The Bertz CT molecular complexity index is 831. The molecule has 0 aliphatic carbocycles. The molecule has 0 saturated carbocycles. The molecule has 1 aliphatic rings. The van der Waals surface area contributed by atoms with Crippen LogP contribution in [0.25, 0.3) is 11.0 Å². The summed E-state index contributed by atoms with van der Waals surface area (Å²) in [4.78, 5) is 33.1. The molecular weight excluding hydrogens is 254 g/mol. The van der Waals surface area contributed by atoms with E-state index in [1.54, 1.807) is 36.5 Å². The molecule has 4 rings (SSSR count). The highest BCUT2D eigenvalue weighted by Crippen LogP contribution is 2.29. The third-order valence-corrected chi connectivity index (χ3v) is 3.44. The van der Waals surface area contributed by atoms with E-state index in [0.717, 1.165) is 11.0 Å². The van der Waals surface area contributed by atoms with Gasteiger partial charge in [-0.15, -0.1) is 0 Å². The summed E-state index contributed by atoms with van der Waals surface area (Å²) in [6.45, 7) is 0. The van der Waals surface area contributed by atoms with Crippen LogP contribution in [0.15, 0.2) is 48.8 Å². The quantitative estimate of drug-likeness (QED) is 0.685. The van der Waals surface area contributed by atoms with Crippen LogP contribution in [-0.2, 0) is 0 Å². The predicted octanol–water partition coefficient (Wildman–Crippen LogP) is 2.36. The number of imide groups is 1. The molecule has 5 nitrogen and oxygen atoms in total. The normalized spacial score (nSPS) is 14.1. The highest BCUT2D eigenvalue weighted by Gasteiger charge is 2.36. The third kappa shape index (κ3) is 1.34. The van der Waals surface area contributed by atoms with Crippen molar-refractivity contribution in [2.45, 2.75) is 0 Å². The maximum Gasteiger partial charge on any atom is 0.266 e. The number of hydrogen-bond donors (Lipinski definition) is 1. The number of nitrogens with one attached hydrogen (secondary N) is 1. The van der Waals surface area contributed by atoms with Crippen LogP contribution in [0.4, 0.5) is 5.69 Å². The van der Waals surface area contributed by atoms with Gasteiger partial charge in [-0.05, 0) is 24.3 Å². The molecule has 2 aromatic heterocycles. The smallest absolute Gasteiger partial charge is 0.266 e. The fourth-order valence-electron chi connectivity index (χ4n) is 2.47. The van der Waals surface area contributed by atoms with Crippen molar-refractivity contribution in [2.24, 2.45) is 0 Å². The molecule has 0 atom stereocenters. The van der Waals surface area contributed by atoms with E-state index in [0.29, 0.717) is 16.8 Å². The van der Waals surface area contributed by atoms with Crippen LogP contribution in [0.3, 0.4) is 0 Å². The lowest BCUT2D eigenvalue weighted by Crippen LogP contribution is -2.29. The van der Waals surface area contributed by atoms with Crippen LogP contribution in [0.5, 0.6) is 0 Å². The van der Waals surface area contributed by atoms with Gasteiger partial charge in [-0.25, -0.2) is 9.88 Å². The summed E-state index contributed by atoms with van der Waals surface area (Å²) in [7, 11) is 0. The average molecular weight is 263 g/mol. The Morgan fingerprint density at radius 1 is 1.00 bits per heavy atom. The van der Waals surface area contributed by atoms with Gasteiger partial charge in [-0.3, -0.25) is 9.59 Å². The van der Waals surface area contributed by atoms with Crippen molar-refractivity contribution in [1.29, 1.82) is 0 Å². The van der Waals surface area contributed by atoms with Crippen LogP contribution in [0.2, 0.25) is 0 Å². The van der Waals surface area contributed by atoms with Crippen molar-refractivity contribution in [3.8, 4) is 0 Å². The second-order valence-electron chi connectivity index (χ2n) is 4.60. The second-order valence-corrected chi connectivity index (χ2v) is 4.60. The zero-order chi connectivity index (χ0) is 13.7. The number of fused-ring (bicyclic) bond motifs is 2. The maximum atomic E-state index is 12.4. The summed E-state index contributed by atoms with van der Waals surface area (Å²) >= 11 is 0. The number of carbonyl (C=O) groups is 2. The van der Waals surface area contributed by atoms with Crippen LogP contribution in [0, 0.1) is 0 Å². The molecule has 5 heteroatoms. The number of aromatic amines is 1. The van der Waals surface area contributed by atoms with Crippen molar-refractivity contribution in [3.63, 3.8) is 0 Å². The second kappa shape index (κ2) is 3.77. The molecule has 0 fully saturated rings. The summed E-state index contributed by atoms with van der Waals surface area (Å²) < 4.78 is 0. The molecular formula is C15H9N3O2. The Hall–Kier alpha value is -2.95. The minimum Gasteiger partial charge on any atom is -0.346 e. The number of hydrogen-bond acceptors (Lipinski definition) is 3. The highest BCUT2D eigenvalue weighted by molar-refractivity contribution is 6.34. The zero-order valence-electron chi connectivity index (χ0n) is 10.3. The number of benzene rings is 1. The third-order valence-electron chi connectivity index (χ3n) is 3.44. The first-order chi connectivity index (χ1) is 9.75. The minimum absolute atomic E-state index is 0.303. The topological polar surface area (TPSA) is 66.1 Å². The summed E-state index contributed by atoms with van der Waals surface area (Å²) in [6, 6.07) is 10.5. The van der Waals surface area contributed by atoms with Gasteiger partial charge in [0.2, 0.25) is 0 Å². The van der Waals surface area contributed by atoms with E-state index < -0.39 is 0 Å². The lowest BCUT2D eigenvalue weighted by atomic mass is 10.1. The first kappa shape index (κ1) is 10.9. The monoisotopic (exact) mass is 263 g/mol. The fourth-order valence-corrected chi connectivity index (χ4v) is 2.47. The van der Waals surface area contributed by atoms with Crippen LogP contribution >= 0.6 is 0 Å². The number of H-pyrrole nitrogens is 1. The van der Waals surface area contributed by atoms with E-state index in [-0.39, 0.29) is 11.8 Å². The summed E-state index contributed by atoms with van der Waals surface area (Å²) in [5.74, 6) is -0.607. The predicted molar refractivity (Wildman–Crippen MR) is 73.7 cm³/mol. The van der Waals surface area contributed by atoms with Crippen LogP contribution < -0.4 is 4.90 Å². The molecule has 3 heterocycles. The molecule has 96 valence electrons. The number of carbonyl (C=O) groups excluding carboxylic acids is 2. The van der Waals surface area contributed by atoms with Gasteiger partial charge in [0, 0.05) is 11.6 Å². The van der Waals surface area contributed by atoms with Gasteiger partial charge in [0.1, 0.15) is 5.65 Å². The number of anilines is 1. The SMILES string of the molecule is O=C1c2ccccc2C(=O)N1c1cnc2[nH]ccc2c1. The highest BCUT2D eigenvalue weighted by atomic mass is 16.2. The number of pyridine rings is 1. The lowest BCUT2D eigenvalue weighted by molar-refractivity contribution is 0.0926. The van der Waals surface area contributed by atoms with Crippen molar-refractivity contribution in [3.05, 3.63) is 59.9 Å². The molecule has 0 spiro atoms. The van der Waals surface area contributed by atoms with E-state index in [1.807, 2.05) is 6.07 Å². The molecule has 20 heavy (non-hydrogen) atoms. The molecule has 0 unspecified atom stereocenters. The van der Waals surface area contributed by atoms with E-state index >= 15 is 0 Å². The molecule has 0 radical (unpaired) electrons. The zero-order valence-corrected chi connectivity index (χ0v) is 10.3. The molecule has 2 amide bonds. The Kier molecular flexibility index (Phi) is 2.06. The van der Waals surface area contributed by atoms with Gasteiger partial charge in [0.15, 0.2) is 0 Å². The Labute approximate surface area is 113 Å². The molecule has 1 aliphatic heterocycles. The first-order valence-electron chi connectivity index (χ1n) is 6.16. The van der Waals surface area contributed by atoms with Crippen molar-refractivity contribution in [1.82, 2.24) is 9.97 Å². The van der Waals surface area contributed by atoms with Gasteiger partial charge < -0.3 is 4.98 Å². The van der Waals surface area contributed by atoms with Gasteiger partial charge >= 0.3 is 0 Å². The maximum absolute atomic E-state index is 12.4. The summed E-state index contributed by atoms with van der Waals surface area (Å²) in [6.07, 6.45) is 3.30. The standard InChI is InChI=1S/C15H9N3O2/c19-14-11-3-1-2-4-12(11)15(20)18(14)10-7-9-5-6-16-13(9)17-8-10/h1-8H,(H,16,17). The number of rotatable bonds is 1. The van der Waals surface area contributed by atoms with E-state index in [1.165, 1.54) is 11.1 Å². The van der Waals surface area contributed by atoms with Crippen molar-refractivity contribution < 1.29 is 9.59 Å². The Morgan fingerprint density at radius 3 is 2.40 bits per heavy atom. The number of nitrogens with zero attached hydrogens (tertiary/aromatic N) is 2. The largest absolute Gasteiger partial charge is 0.346 e. The average Bonchev–Trinajstić information content (AvgIpc) is 3.03. The van der Waals surface area contributed by atoms with E-state index in [9.17, 15) is 9.59 Å². The Balaban J connectivity index is 1.87. The molecule has 0 saturated heterocycles. The first-order valence-corrected chi connectivity index (χ1v) is 6.16. The van der Waals surface area contributed by atoms with Crippen molar-refractivity contribution in [2.75, 3.05) is 4.90 Å². The van der Waals surface area contributed by atoms with Gasteiger partial charge in [-0.2, -0.15) is 0 Å². The summed E-state index contributed by atoms with van der Waals surface area (Å²) in [5.41, 5.74) is 2.09. The lowest BCUT2D eigenvalue weighted by Gasteiger charge is -2.13. The van der Waals surface area contributed by atoms with E-state index in [4.69, 9.17) is 0 Å². The summed E-state index contributed by atoms with van der Waals surface area (Å²) in [5, 5.41) is 0.860. The van der Waals surface area contributed by atoms with Crippen LogP contribution in [-0.4, -0.2) is 21.8 Å². The molecule has 3 aromatic rings. The van der Waals surface area contributed by atoms with Crippen molar-refractivity contribution >= 4 is 28.5 Å². The minimum atomic E-state index is -0.303. The van der Waals surface area contributed by atoms with Gasteiger partial charge in [-0.1, -0.05) is 12.1 Å². The fraction of sp³-hybridized carbons (Fsp3) is 0. The molecule has 0 bridgehead atoms. The van der Waals surface area contributed by atoms with E-state index in [2.05, 4.69) is 9.97 Å². The number of amides is 2. The molecule has 1 aromatic carbocycles. The van der Waals surface area contributed by atoms with Gasteiger partial charge in [0.25, 0.3) is 11.8 Å². The number of aromatic nitrogens is 2. The van der Waals surface area contributed by atoms with Gasteiger partial charge in [0.05, 0.1) is 23.0 Å². The molecule has 1 N–H and O–H groups in total. The Morgan fingerprint density at radius 2 is 1.70 bits per heavy atom. The van der Waals surface area contributed by atoms with Crippen LogP contribution in [0.1, 0.15) is 20.7 Å².